The Kier molecular flexibility index (Phi) is 5.19. The SMILES string of the molecule is CCn1c(=O)n(CC(=O)NCCOc2ccc3c(c2)CCC3)c2ccccc21. The van der Waals surface area contributed by atoms with Crippen molar-refractivity contribution in [1.29, 1.82) is 0 Å². The molecule has 0 saturated carbocycles. The van der Waals surface area contributed by atoms with Crippen LogP contribution in [-0.2, 0) is 30.7 Å². The van der Waals surface area contributed by atoms with Gasteiger partial charge in [0.1, 0.15) is 18.9 Å². The molecule has 0 fully saturated rings. The first-order chi connectivity index (χ1) is 13.7. The topological polar surface area (TPSA) is 65.3 Å². The molecule has 0 atom stereocenters. The van der Waals surface area contributed by atoms with Crippen LogP contribution < -0.4 is 15.7 Å². The van der Waals surface area contributed by atoms with E-state index in [-0.39, 0.29) is 18.1 Å². The van der Waals surface area contributed by atoms with Crippen LogP contribution in [0, 0.1) is 0 Å². The van der Waals surface area contributed by atoms with E-state index in [0.29, 0.717) is 19.7 Å². The van der Waals surface area contributed by atoms with E-state index < -0.39 is 0 Å². The Morgan fingerprint density at radius 3 is 2.61 bits per heavy atom. The molecule has 28 heavy (non-hydrogen) atoms. The van der Waals surface area contributed by atoms with Crippen molar-refractivity contribution in [2.45, 2.75) is 39.3 Å². The Hall–Kier alpha value is -3.02. The zero-order valence-electron chi connectivity index (χ0n) is 16.1. The summed E-state index contributed by atoms with van der Waals surface area (Å²) in [7, 11) is 0. The van der Waals surface area contributed by atoms with Gasteiger partial charge in [-0.1, -0.05) is 18.2 Å². The molecule has 1 heterocycles. The summed E-state index contributed by atoms with van der Waals surface area (Å²) < 4.78 is 8.96. The van der Waals surface area contributed by atoms with Gasteiger partial charge >= 0.3 is 5.69 Å². The van der Waals surface area contributed by atoms with E-state index in [4.69, 9.17) is 4.74 Å². The van der Waals surface area contributed by atoms with E-state index in [9.17, 15) is 9.59 Å². The quantitative estimate of drug-likeness (QED) is 0.642. The van der Waals surface area contributed by atoms with Crippen LogP contribution >= 0.6 is 0 Å². The van der Waals surface area contributed by atoms with E-state index in [0.717, 1.165) is 29.6 Å². The van der Waals surface area contributed by atoms with Gasteiger partial charge in [-0.2, -0.15) is 0 Å². The minimum atomic E-state index is -0.196. The van der Waals surface area contributed by atoms with Crippen molar-refractivity contribution in [3.8, 4) is 5.75 Å². The molecular weight excluding hydrogens is 354 g/mol. The number of carbonyl (C=O) groups excluding carboxylic acids is 1. The number of ether oxygens (including phenoxy) is 1. The number of nitrogens with one attached hydrogen (secondary N) is 1. The summed E-state index contributed by atoms with van der Waals surface area (Å²) in [5.74, 6) is 0.649. The molecule has 0 bridgehead atoms. The van der Waals surface area contributed by atoms with Crippen molar-refractivity contribution in [3.63, 3.8) is 0 Å². The maximum absolute atomic E-state index is 12.6. The van der Waals surface area contributed by atoms with Gasteiger partial charge in [0.2, 0.25) is 5.91 Å². The molecule has 0 saturated heterocycles. The zero-order chi connectivity index (χ0) is 19.5. The van der Waals surface area contributed by atoms with E-state index >= 15 is 0 Å². The lowest BCUT2D eigenvalue weighted by atomic mass is 10.1. The van der Waals surface area contributed by atoms with Crippen LogP contribution in [0.15, 0.2) is 47.3 Å². The molecule has 6 heteroatoms. The number of amides is 1. The molecule has 1 aliphatic rings. The van der Waals surface area contributed by atoms with Crippen LogP contribution in [0.5, 0.6) is 5.75 Å². The molecule has 0 unspecified atom stereocenters. The standard InChI is InChI=1S/C22H25N3O3/c1-2-24-19-8-3-4-9-20(19)25(22(24)27)15-21(26)23-12-13-28-18-11-10-16-6-5-7-17(16)14-18/h3-4,8-11,14H,2,5-7,12-13,15H2,1H3,(H,23,26). The lowest BCUT2D eigenvalue weighted by Gasteiger charge is -2.09. The van der Waals surface area contributed by atoms with Crippen LogP contribution in [0.2, 0.25) is 0 Å². The fourth-order valence-corrected chi connectivity index (χ4v) is 3.93. The van der Waals surface area contributed by atoms with Crippen LogP contribution in [0.25, 0.3) is 11.0 Å². The number of carbonyl (C=O) groups is 1. The summed E-state index contributed by atoms with van der Waals surface area (Å²) in [5.41, 5.74) is 4.25. The van der Waals surface area contributed by atoms with Crippen molar-refractivity contribution in [2.75, 3.05) is 13.2 Å². The molecule has 1 aliphatic carbocycles. The lowest BCUT2D eigenvalue weighted by Crippen LogP contribution is -2.35. The van der Waals surface area contributed by atoms with Gasteiger partial charge < -0.3 is 10.1 Å². The number of hydrogen-bond acceptors (Lipinski definition) is 3. The van der Waals surface area contributed by atoms with Gasteiger partial charge in [0.15, 0.2) is 0 Å². The van der Waals surface area contributed by atoms with Crippen LogP contribution in [0.1, 0.15) is 24.5 Å². The highest BCUT2D eigenvalue weighted by molar-refractivity contribution is 5.80. The normalized spacial score (nSPS) is 12.9. The summed E-state index contributed by atoms with van der Waals surface area (Å²) in [5, 5.41) is 2.84. The van der Waals surface area contributed by atoms with Crippen molar-refractivity contribution in [3.05, 3.63) is 64.1 Å². The van der Waals surface area contributed by atoms with Gasteiger partial charge in [0.05, 0.1) is 17.6 Å². The highest BCUT2D eigenvalue weighted by Crippen LogP contribution is 2.25. The first-order valence-corrected chi connectivity index (χ1v) is 9.86. The van der Waals surface area contributed by atoms with Gasteiger partial charge in [0.25, 0.3) is 0 Å². The monoisotopic (exact) mass is 379 g/mol. The number of benzene rings is 2. The van der Waals surface area contributed by atoms with Crippen molar-refractivity contribution in [1.82, 2.24) is 14.5 Å². The summed E-state index contributed by atoms with van der Waals surface area (Å²) in [6, 6.07) is 13.8. The Morgan fingerprint density at radius 2 is 1.82 bits per heavy atom. The van der Waals surface area contributed by atoms with E-state index in [1.807, 2.05) is 37.3 Å². The molecule has 2 aromatic carbocycles. The predicted octanol–water partition coefficient (Wildman–Crippen LogP) is 2.51. The molecule has 6 nitrogen and oxygen atoms in total. The highest BCUT2D eigenvalue weighted by atomic mass is 16.5. The number of rotatable bonds is 7. The number of hydrogen-bond donors (Lipinski definition) is 1. The first kappa shape index (κ1) is 18.3. The van der Waals surface area contributed by atoms with E-state index in [1.165, 1.54) is 22.1 Å². The van der Waals surface area contributed by atoms with Gasteiger partial charge in [0, 0.05) is 6.54 Å². The van der Waals surface area contributed by atoms with Crippen molar-refractivity contribution < 1.29 is 9.53 Å². The van der Waals surface area contributed by atoms with Gasteiger partial charge in [-0.05, 0) is 61.6 Å². The fraction of sp³-hybridized carbons (Fsp3) is 0.364. The van der Waals surface area contributed by atoms with E-state index in [1.54, 1.807) is 4.57 Å². The largest absolute Gasteiger partial charge is 0.492 e. The second-order valence-corrected chi connectivity index (χ2v) is 7.08. The molecule has 1 amide bonds. The van der Waals surface area contributed by atoms with Crippen molar-refractivity contribution >= 4 is 16.9 Å². The summed E-state index contributed by atoms with van der Waals surface area (Å²) in [4.78, 5) is 24.9. The smallest absolute Gasteiger partial charge is 0.329 e. The maximum atomic E-state index is 12.6. The van der Waals surface area contributed by atoms with E-state index in [2.05, 4.69) is 17.4 Å². The molecule has 0 aliphatic heterocycles. The van der Waals surface area contributed by atoms with Gasteiger partial charge in [-0.3, -0.25) is 13.9 Å². The zero-order valence-corrected chi connectivity index (χ0v) is 16.1. The predicted molar refractivity (Wildman–Crippen MR) is 109 cm³/mol. The average molecular weight is 379 g/mol. The summed E-state index contributed by atoms with van der Waals surface area (Å²) in [6.45, 7) is 3.30. The van der Waals surface area contributed by atoms with Crippen LogP contribution in [-0.4, -0.2) is 28.2 Å². The molecule has 146 valence electrons. The highest BCUT2D eigenvalue weighted by Gasteiger charge is 2.14. The molecular formula is C22H25N3O3. The average Bonchev–Trinajstić information content (AvgIpc) is 3.28. The fourth-order valence-electron chi connectivity index (χ4n) is 3.93. The molecule has 3 aromatic rings. The summed E-state index contributed by atoms with van der Waals surface area (Å²) in [6.07, 6.45) is 3.48. The Labute approximate surface area is 163 Å². The second-order valence-electron chi connectivity index (χ2n) is 7.08. The number of nitrogens with zero attached hydrogens (tertiary/aromatic N) is 2. The molecule has 0 radical (unpaired) electrons. The molecule has 0 spiro atoms. The van der Waals surface area contributed by atoms with Crippen LogP contribution in [0.3, 0.4) is 0 Å². The number of aromatic nitrogens is 2. The van der Waals surface area contributed by atoms with Crippen LogP contribution in [0.4, 0.5) is 0 Å². The molecule has 4 rings (SSSR count). The number of para-hydroxylation sites is 2. The second kappa shape index (κ2) is 7.92. The first-order valence-electron chi connectivity index (χ1n) is 9.86. The number of fused-ring (bicyclic) bond motifs is 2. The Morgan fingerprint density at radius 1 is 1.07 bits per heavy atom. The Bertz CT molecular complexity index is 1060. The number of aryl methyl sites for hydroxylation is 3. The van der Waals surface area contributed by atoms with Crippen molar-refractivity contribution in [2.24, 2.45) is 0 Å². The molecule has 1 aromatic heterocycles. The third kappa shape index (κ3) is 3.54. The van der Waals surface area contributed by atoms with Gasteiger partial charge in [-0.15, -0.1) is 0 Å². The lowest BCUT2D eigenvalue weighted by molar-refractivity contribution is -0.121. The summed E-state index contributed by atoms with van der Waals surface area (Å²) >= 11 is 0. The third-order valence-corrected chi connectivity index (χ3v) is 5.31. The minimum absolute atomic E-state index is 0.00515. The number of imidazole rings is 1. The van der Waals surface area contributed by atoms with Gasteiger partial charge in [-0.25, -0.2) is 4.79 Å². The minimum Gasteiger partial charge on any atom is -0.492 e. The maximum Gasteiger partial charge on any atom is 0.329 e. The Balaban J connectivity index is 1.33. The molecule has 1 N–H and O–H groups in total. The third-order valence-electron chi connectivity index (χ3n) is 5.31.